The number of halogens is 1. The summed E-state index contributed by atoms with van der Waals surface area (Å²) in [7, 11) is 2.01. The molecule has 1 unspecified atom stereocenters. The van der Waals surface area contributed by atoms with E-state index in [0.29, 0.717) is 12.2 Å². The number of likely N-dealkylation sites (N-methyl/N-ethyl adjacent to an activating group) is 1. The van der Waals surface area contributed by atoms with E-state index in [1.54, 1.807) is 0 Å². The Bertz CT molecular complexity index is 806. The Labute approximate surface area is 146 Å². The van der Waals surface area contributed by atoms with E-state index in [4.69, 9.17) is 16.3 Å². The fourth-order valence-electron chi connectivity index (χ4n) is 3.45. The van der Waals surface area contributed by atoms with Gasteiger partial charge in [-0.15, -0.1) is 0 Å². The standard InChI is InChI=1S/C19H19ClN2O2/c1-22-6-7-24-18-5-3-13(11-17(18)22)19(23)21-16-9-12-2-4-15(20)8-14(12)10-16/h2-5,8,11,16H,6-7,9-10H2,1H3,(H,21,23). The van der Waals surface area contributed by atoms with E-state index < -0.39 is 0 Å². The van der Waals surface area contributed by atoms with Crippen molar-refractivity contribution in [1.82, 2.24) is 5.32 Å². The Balaban J connectivity index is 1.49. The Morgan fingerprint density at radius 1 is 1.21 bits per heavy atom. The van der Waals surface area contributed by atoms with E-state index in [2.05, 4.69) is 16.3 Å². The third kappa shape index (κ3) is 2.82. The SMILES string of the molecule is CN1CCOc2ccc(C(=O)NC3Cc4ccc(Cl)cc4C3)cc21. The summed E-state index contributed by atoms with van der Waals surface area (Å²) >= 11 is 6.05. The number of carbonyl (C=O) groups is 1. The molecular formula is C19H19ClN2O2. The minimum atomic E-state index is -0.0410. The fraction of sp³-hybridized carbons (Fsp3) is 0.316. The molecule has 1 aliphatic heterocycles. The second kappa shape index (κ2) is 6.02. The lowest BCUT2D eigenvalue weighted by molar-refractivity contribution is 0.0938. The molecule has 24 heavy (non-hydrogen) atoms. The molecule has 4 nitrogen and oxygen atoms in total. The number of fused-ring (bicyclic) bond motifs is 2. The first-order chi connectivity index (χ1) is 11.6. The zero-order chi connectivity index (χ0) is 16.7. The van der Waals surface area contributed by atoms with Crippen molar-refractivity contribution in [3.63, 3.8) is 0 Å². The first kappa shape index (κ1) is 15.3. The zero-order valence-electron chi connectivity index (χ0n) is 13.5. The van der Waals surface area contributed by atoms with Crippen LogP contribution in [0.15, 0.2) is 36.4 Å². The largest absolute Gasteiger partial charge is 0.490 e. The molecule has 1 atom stereocenters. The molecule has 1 N–H and O–H groups in total. The molecule has 0 saturated heterocycles. The van der Waals surface area contributed by atoms with Gasteiger partial charge in [-0.3, -0.25) is 4.79 Å². The van der Waals surface area contributed by atoms with Crippen molar-refractivity contribution < 1.29 is 9.53 Å². The van der Waals surface area contributed by atoms with E-state index in [1.807, 2.05) is 37.4 Å². The summed E-state index contributed by atoms with van der Waals surface area (Å²) in [6, 6.07) is 11.7. The van der Waals surface area contributed by atoms with Crippen LogP contribution in [-0.4, -0.2) is 32.1 Å². The highest BCUT2D eigenvalue weighted by molar-refractivity contribution is 6.30. The number of ether oxygens (including phenoxy) is 1. The average Bonchev–Trinajstić information content (AvgIpc) is 2.96. The molecule has 5 heteroatoms. The average molecular weight is 343 g/mol. The van der Waals surface area contributed by atoms with Gasteiger partial charge in [0.1, 0.15) is 12.4 Å². The summed E-state index contributed by atoms with van der Waals surface area (Å²) in [6.45, 7) is 1.51. The van der Waals surface area contributed by atoms with Crippen LogP contribution in [-0.2, 0) is 12.8 Å². The smallest absolute Gasteiger partial charge is 0.251 e. The number of anilines is 1. The molecular weight excluding hydrogens is 324 g/mol. The van der Waals surface area contributed by atoms with Gasteiger partial charge in [-0.05, 0) is 54.3 Å². The first-order valence-electron chi connectivity index (χ1n) is 8.16. The summed E-state index contributed by atoms with van der Waals surface area (Å²) < 4.78 is 5.63. The van der Waals surface area contributed by atoms with Gasteiger partial charge < -0.3 is 15.0 Å². The van der Waals surface area contributed by atoms with Crippen LogP contribution in [0.1, 0.15) is 21.5 Å². The molecule has 2 aliphatic rings. The molecule has 0 saturated carbocycles. The van der Waals surface area contributed by atoms with Crippen LogP contribution in [0.3, 0.4) is 0 Å². The van der Waals surface area contributed by atoms with Gasteiger partial charge in [-0.1, -0.05) is 17.7 Å². The van der Waals surface area contributed by atoms with Crippen LogP contribution >= 0.6 is 11.6 Å². The lowest BCUT2D eigenvalue weighted by atomic mass is 10.1. The topological polar surface area (TPSA) is 41.6 Å². The maximum atomic E-state index is 12.6. The van der Waals surface area contributed by atoms with E-state index in [0.717, 1.165) is 35.8 Å². The third-order valence-electron chi connectivity index (χ3n) is 4.75. The van der Waals surface area contributed by atoms with Crippen molar-refractivity contribution in [2.75, 3.05) is 25.1 Å². The Hall–Kier alpha value is -2.20. The van der Waals surface area contributed by atoms with Crippen LogP contribution < -0.4 is 15.0 Å². The van der Waals surface area contributed by atoms with Crippen molar-refractivity contribution >= 4 is 23.2 Å². The zero-order valence-corrected chi connectivity index (χ0v) is 14.3. The number of amides is 1. The highest BCUT2D eigenvalue weighted by Gasteiger charge is 2.24. The van der Waals surface area contributed by atoms with Crippen LogP contribution in [0.25, 0.3) is 0 Å². The van der Waals surface area contributed by atoms with Gasteiger partial charge in [0.2, 0.25) is 0 Å². The molecule has 124 valence electrons. The maximum absolute atomic E-state index is 12.6. The van der Waals surface area contributed by atoms with Gasteiger partial charge >= 0.3 is 0 Å². The molecule has 1 aliphatic carbocycles. The van der Waals surface area contributed by atoms with E-state index >= 15 is 0 Å². The molecule has 0 aromatic heterocycles. The Morgan fingerprint density at radius 2 is 2.04 bits per heavy atom. The number of nitrogens with one attached hydrogen (secondary N) is 1. The fourth-order valence-corrected chi connectivity index (χ4v) is 3.64. The van der Waals surface area contributed by atoms with Gasteiger partial charge in [0, 0.05) is 23.7 Å². The van der Waals surface area contributed by atoms with E-state index in [-0.39, 0.29) is 11.9 Å². The number of hydrogen-bond donors (Lipinski definition) is 1. The van der Waals surface area contributed by atoms with Gasteiger partial charge in [0.15, 0.2) is 0 Å². The Kier molecular flexibility index (Phi) is 3.85. The summed E-state index contributed by atoms with van der Waals surface area (Å²) in [5, 5.41) is 3.89. The molecule has 4 rings (SSSR count). The lowest BCUT2D eigenvalue weighted by Gasteiger charge is -2.28. The second-order valence-corrected chi connectivity index (χ2v) is 6.88. The lowest BCUT2D eigenvalue weighted by Crippen LogP contribution is -2.35. The predicted molar refractivity (Wildman–Crippen MR) is 95.3 cm³/mol. The predicted octanol–water partition coefficient (Wildman–Crippen LogP) is 3.07. The summed E-state index contributed by atoms with van der Waals surface area (Å²) in [6.07, 6.45) is 1.68. The number of rotatable bonds is 2. The summed E-state index contributed by atoms with van der Waals surface area (Å²) in [4.78, 5) is 14.7. The second-order valence-electron chi connectivity index (χ2n) is 6.44. The van der Waals surface area contributed by atoms with Crippen molar-refractivity contribution in [2.24, 2.45) is 0 Å². The number of carbonyl (C=O) groups excluding carboxylic acids is 1. The maximum Gasteiger partial charge on any atom is 0.251 e. The minimum Gasteiger partial charge on any atom is -0.490 e. The van der Waals surface area contributed by atoms with Crippen molar-refractivity contribution in [1.29, 1.82) is 0 Å². The highest BCUT2D eigenvalue weighted by atomic mass is 35.5. The van der Waals surface area contributed by atoms with E-state index in [9.17, 15) is 4.79 Å². The molecule has 2 aromatic rings. The highest BCUT2D eigenvalue weighted by Crippen LogP contribution is 2.31. The van der Waals surface area contributed by atoms with Gasteiger partial charge in [0.05, 0.1) is 12.2 Å². The summed E-state index contributed by atoms with van der Waals surface area (Å²) in [5.74, 6) is 0.795. The molecule has 2 aromatic carbocycles. The summed E-state index contributed by atoms with van der Waals surface area (Å²) in [5.41, 5.74) is 4.13. The number of nitrogens with zero attached hydrogens (tertiary/aromatic N) is 1. The third-order valence-corrected chi connectivity index (χ3v) is 4.99. The van der Waals surface area contributed by atoms with E-state index in [1.165, 1.54) is 11.1 Å². The first-order valence-corrected chi connectivity index (χ1v) is 8.54. The van der Waals surface area contributed by atoms with Gasteiger partial charge in [-0.2, -0.15) is 0 Å². The van der Waals surface area contributed by atoms with Crippen molar-refractivity contribution in [3.8, 4) is 5.75 Å². The van der Waals surface area contributed by atoms with Gasteiger partial charge in [-0.25, -0.2) is 0 Å². The molecule has 1 heterocycles. The monoisotopic (exact) mass is 342 g/mol. The number of hydrogen-bond acceptors (Lipinski definition) is 3. The van der Waals surface area contributed by atoms with Crippen LogP contribution in [0.4, 0.5) is 5.69 Å². The van der Waals surface area contributed by atoms with Crippen molar-refractivity contribution in [3.05, 3.63) is 58.1 Å². The van der Waals surface area contributed by atoms with Gasteiger partial charge in [0.25, 0.3) is 5.91 Å². The van der Waals surface area contributed by atoms with Crippen LogP contribution in [0.5, 0.6) is 5.75 Å². The molecule has 0 fully saturated rings. The number of benzene rings is 2. The molecule has 0 bridgehead atoms. The van der Waals surface area contributed by atoms with Crippen LogP contribution in [0, 0.1) is 0 Å². The quantitative estimate of drug-likeness (QED) is 0.912. The van der Waals surface area contributed by atoms with Crippen molar-refractivity contribution in [2.45, 2.75) is 18.9 Å². The van der Waals surface area contributed by atoms with Crippen LogP contribution in [0.2, 0.25) is 5.02 Å². The molecule has 0 spiro atoms. The normalized spacial score (nSPS) is 18.6. The minimum absolute atomic E-state index is 0.0410. The molecule has 1 amide bonds. The Morgan fingerprint density at radius 3 is 2.92 bits per heavy atom. The molecule has 0 radical (unpaired) electrons.